The van der Waals surface area contributed by atoms with Crippen LogP contribution in [0.2, 0.25) is 0 Å². The largest absolute Gasteiger partial charge is 0.497 e. The molecular formula is C22H23N3O3. The first-order valence-electron chi connectivity index (χ1n) is 9.27. The van der Waals surface area contributed by atoms with Crippen LogP contribution >= 0.6 is 0 Å². The molecule has 1 unspecified atom stereocenters. The van der Waals surface area contributed by atoms with E-state index in [0.29, 0.717) is 12.5 Å². The minimum atomic E-state index is -0.325. The van der Waals surface area contributed by atoms with E-state index in [-0.39, 0.29) is 6.10 Å². The molecule has 1 N–H and O–H groups in total. The van der Waals surface area contributed by atoms with Gasteiger partial charge >= 0.3 is 0 Å². The summed E-state index contributed by atoms with van der Waals surface area (Å²) in [5, 5.41) is 9.86. The molecule has 4 rings (SSSR count). The van der Waals surface area contributed by atoms with Crippen molar-refractivity contribution in [2.45, 2.75) is 12.5 Å². The molecule has 28 heavy (non-hydrogen) atoms. The number of aliphatic hydroxyl groups excluding tert-OH is 1. The third-order valence-corrected chi connectivity index (χ3v) is 4.99. The summed E-state index contributed by atoms with van der Waals surface area (Å²) in [6, 6.07) is 15.7. The highest BCUT2D eigenvalue weighted by Gasteiger charge is 2.23. The van der Waals surface area contributed by atoms with Crippen LogP contribution < -0.4 is 14.4 Å². The van der Waals surface area contributed by atoms with Gasteiger partial charge in [-0.3, -0.25) is 0 Å². The number of ether oxygens (including phenoxy) is 2. The van der Waals surface area contributed by atoms with E-state index < -0.39 is 0 Å². The van der Waals surface area contributed by atoms with Crippen LogP contribution in [0.15, 0.2) is 54.7 Å². The van der Waals surface area contributed by atoms with Gasteiger partial charge in [0.1, 0.15) is 11.5 Å². The molecule has 1 fully saturated rings. The van der Waals surface area contributed by atoms with Crippen molar-refractivity contribution >= 4 is 5.95 Å². The first-order chi connectivity index (χ1) is 13.7. The van der Waals surface area contributed by atoms with Crippen LogP contribution in [0, 0.1) is 0 Å². The van der Waals surface area contributed by atoms with E-state index in [1.54, 1.807) is 14.2 Å². The summed E-state index contributed by atoms with van der Waals surface area (Å²) in [4.78, 5) is 11.5. The fourth-order valence-electron chi connectivity index (χ4n) is 3.40. The van der Waals surface area contributed by atoms with Crippen molar-refractivity contribution in [1.29, 1.82) is 0 Å². The van der Waals surface area contributed by atoms with E-state index in [2.05, 4.69) is 4.98 Å². The van der Waals surface area contributed by atoms with Crippen molar-refractivity contribution in [3.63, 3.8) is 0 Å². The molecule has 0 spiro atoms. The quantitative estimate of drug-likeness (QED) is 0.735. The van der Waals surface area contributed by atoms with Crippen LogP contribution in [0.5, 0.6) is 11.5 Å². The highest BCUT2D eigenvalue weighted by molar-refractivity contribution is 5.81. The van der Waals surface area contributed by atoms with E-state index in [9.17, 15) is 5.11 Å². The van der Waals surface area contributed by atoms with Crippen molar-refractivity contribution in [2.24, 2.45) is 0 Å². The molecule has 0 radical (unpaired) electrons. The Morgan fingerprint density at radius 1 is 0.929 bits per heavy atom. The van der Waals surface area contributed by atoms with E-state index in [1.165, 1.54) is 0 Å². The predicted molar refractivity (Wildman–Crippen MR) is 109 cm³/mol. The second kappa shape index (κ2) is 7.86. The van der Waals surface area contributed by atoms with Crippen LogP contribution in [0.3, 0.4) is 0 Å². The number of aromatic nitrogens is 2. The van der Waals surface area contributed by atoms with Crippen LogP contribution in [0.25, 0.3) is 22.4 Å². The van der Waals surface area contributed by atoms with Crippen LogP contribution in [0.1, 0.15) is 6.42 Å². The van der Waals surface area contributed by atoms with Crippen molar-refractivity contribution in [3.8, 4) is 33.9 Å². The molecule has 0 saturated carbocycles. The summed E-state index contributed by atoms with van der Waals surface area (Å²) in [7, 11) is 3.30. The molecule has 144 valence electrons. The zero-order chi connectivity index (χ0) is 19.5. The Kier molecular flexibility index (Phi) is 5.12. The Morgan fingerprint density at radius 3 is 2.07 bits per heavy atom. The topological polar surface area (TPSA) is 67.7 Å². The molecule has 6 nitrogen and oxygen atoms in total. The highest BCUT2D eigenvalue weighted by atomic mass is 16.5. The van der Waals surface area contributed by atoms with E-state index in [0.717, 1.165) is 46.8 Å². The Labute approximate surface area is 164 Å². The summed E-state index contributed by atoms with van der Waals surface area (Å²) in [6.45, 7) is 1.31. The second-order valence-corrected chi connectivity index (χ2v) is 6.78. The average molecular weight is 377 g/mol. The van der Waals surface area contributed by atoms with Gasteiger partial charge in [-0.1, -0.05) is 12.1 Å². The third kappa shape index (κ3) is 3.64. The highest BCUT2D eigenvalue weighted by Crippen LogP contribution is 2.33. The minimum absolute atomic E-state index is 0.325. The molecule has 2 heterocycles. The van der Waals surface area contributed by atoms with Gasteiger partial charge in [0.2, 0.25) is 5.95 Å². The van der Waals surface area contributed by atoms with E-state index >= 15 is 0 Å². The first kappa shape index (κ1) is 18.3. The predicted octanol–water partition coefficient (Wildman–Crippen LogP) is 3.40. The average Bonchev–Trinajstić information content (AvgIpc) is 3.20. The minimum Gasteiger partial charge on any atom is -0.497 e. The summed E-state index contributed by atoms with van der Waals surface area (Å²) in [5.41, 5.74) is 3.78. The van der Waals surface area contributed by atoms with Crippen LogP contribution in [-0.4, -0.2) is 48.5 Å². The van der Waals surface area contributed by atoms with Crippen molar-refractivity contribution in [1.82, 2.24) is 9.97 Å². The van der Waals surface area contributed by atoms with Crippen molar-refractivity contribution in [2.75, 3.05) is 32.2 Å². The summed E-state index contributed by atoms with van der Waals surface area (Å²) < 4.78 is 10.5. The number of rotatable bonds is 5. The summed E-state index contributed by atoms with van der Waals surface area (Å²) in [5.74, 6) is 2.24. The molecule has 2 aromatic carbocycles. The van der Waals surface area contributed by atoms with Gasteiger partial charge in [0, 0.05) is 30.4 Å². The maximum atomic E-state index is 9.86. The van der Waals surface area contributed by atoms with Crippen LogP contribution in [0.4, 0.5) is 5.95 Å². The fourth-order valence-corrected chi connectivity index (χ4v) is 3.40. The number of hydrogen-bond donors (Lipinski definition) is 1. The number of β-amino-alcohol motifs (C(OH)–C–C–N with tert-alkyl or cyclic N) is 1. The number of methoxy groups -OCH3 is 2. The number of nitrogens with zero attached hydrogens (tertiary/aromatic N) is 3. The molecule has 1 aromatic heterocycles. The molecule has 1 aliphatic rings. The molecule has 1 atom stereocenters. The Bertz CT molecular complexity index is 942. The standard InChI is InChI=1S/C22H23N3O3/c1-27-18-7-3-15(4-8-18)20-13-23-22(25-12-11-17(26)14-25)24-21(20)16-5-9-19(28-2)10-6-16/h3-10,13,17,26H,11-12,14H2,1-2H3. The number of benzene rings is 2. The molecule has 0 amide bonds. The lowest BCUT2D eigenvalue weighted by Crippen LogP contribution is -2.23. The Morgan fingerprint density at radius 2 is 1.54 bits per heavy atom. The van der Waals surface area contributed by atoms with Crippen molar-refractivity contribution < 1.29 is 14.6 Å². The lowest BCUT2D eigenvalue weighted by Gasteiger charge is -2.18. The molecule has 1 aliphatic heterocycles. The lowest BCUT2D eigenvalue weighted by molar-refractivity contribution is 0.198. The molecule has 1 saturated heterocycles. The van der Waals surface area contributed by atoms with Gasteiger partial charge in [-0.25, -0.2) is 9.97 Å². The lowest BCUT2D eigenvalue weighted by atomic mass is 10.0. The van der Waals surface area contributed by atoms with Gasteiger partial charge < -0.3 is 19.5 Å². The van der Waals surface area contributed by atoms with Gasteiger partial charge in [0.25, 0.3) is 0 Å². The Balaban J connectivity index is 1.79. The maximum Gasteiger partial charge on any atom is 0.225 e. The summed E-state index contributed by atoms with van der Waals surface area (Å²) in [6.07, 6.45) is 2.27. The van der Waals surface area contributed by atoms with Gasteiger partial charge in [-0.05, 0) is 48.4 Å². The first-order valence-corrected chi connectivity index (χ1v) is 9.27. The number of anilines is 1. The number of aliphatic hydroxyl groups is 1. The molecule has 0 aliphatic carbocycles. The fraction of sp³-hybridized carbons (Fsp3) is 0.273. The SMILES string of the molecule is COc1ccc(-c2cnc(N3CCC(O)C3)nc2-c2ccc(OC)cc2)cc1. The monoisotopic (exact) mass is 377 g/mol. The van der Waals surface area contributed by atoms with Crippen molar-refractivity contribution in [3.05, 3.63) is 54.7 Å². The van der Waals surface area contributed by atoms with Gasteiger partial charge in [-0.15, -0.1) is 0 Å². The van der Waals surface area contributed by atoms with E-state index in [1.807, 2.05) is 59.6 Å². The maximum absolute atomic E-state index is 9.86. The van der Waals surface area contributed by atoms with Gasteiger partial charge in [0.05, 0.1) is 26.0 Å². The molecule has 3 aromatic rings. The van der Waals surface area contributed by atoms with E-state index in [4.69, 9.17) is 14.5 Å². The third-order valence-electron chi connectivity index (χ3n) is 4.99. The molecular weight excluding hydrogens is 354 g/mol. The second-order valence-electron chi connectivity index (χ2n) is 6.78. The zero-order valence-electron chi connectivity index (χ0n) is 16.0. The normalized spacial score (nSPS) is 16.2. The molecule has 6 heteroatoms. The summed E-state index contributed by atoms with van der Waals surface area (Å²) >= 11 is 0. The smallest absolute Gasteiger partial charge is 0.225 e. The van der Waals surface area contributed by atoms with Gasteiger partial charge in [0.15, 0.2) is 0 Å². The molecule has 0 bridgehead atoms. The zero-order valence-corrected chi connectivity index (χ0v) is 16.0. The van der Waals surface area contributed by atoms with Crippen LogP contribution in [-0.2, 0) is 0 Å². The van der Waals surface area contributed by atoms with Gasteiger partial charge in [-0.2, -0.15) is 0 Å². The Hall–Kier alpha value is -3.12. The number of hydrogen-bond acceptors (Lipinski definition) is 6.